The Bertz CT molecular complexity index is 69.1. The molecule has 0 spiro atoms. The van der Waals surface area contributed by atoms with Crippen molar-refractivity contribution in [3.63, 3.8) is 0 Å². The molecular formula is O6P2Sn. The Morgan fingerprint density at radius 3 is 0.778 bits per heavy atom. The topological polar surface area (TPSA) is 126 Å². The Morgan fingerprint density at radius 1 is 0.778 bits per heavy atom. The van der Waals surface area contributed by atoms with Gasteiger partial charge in [-0.3, -0.25) is 0 Å². The van der Waals surface area contributed by atoms with Crippen molar-refractivity contribution < 1.29 is 28.7 Å². The van der Waals surface area contributed by atoms with E-state index in [1.54, 1.807) is 0 Å². The molecule has 0 rings (SSSR count). The molecule has 0 fully saturated rings. The maximum Gasteiger partial charge on any atom is 2.00 e. The minimum absolute atomic E-state index is 0. The Labute approximate surface area is 69.4 Å². The van der Waals surface area contributed by atoms with Crippen molar-refractivity contribution in [3.05, 3.63) is 0 Å². The zero-order valence-electron chi connectivity index (χ0n) is 3.84. The zero-order chi connectivity index (χ0) is 7.15. The fourth-order valence-electron chi connectivity index (χ4n) is 0. The Hall–Kier alpha value is 0.839. The molecule has 0 aromatic heterocycles. The van der Waals surface area contributed by atoms with Crippen molar-refractivity contribution in [2.45, 2.75) is 0 Å². The first-order chi connectivity index (χ1) is 3.46. The molecule has 0 aliphatic rings. The first-order valence-electron chi connectivity index (χ1n) is 1.10. The zero-order valence-corrected chi connectivity index (χ0v) is 8.49. The van der Waals surface area contributed by atoms with E-state index in [1.165, 1.54) is 0 Å². The van der Waals surface area contributed by atoms with Crippen LogP contribution in [0.4, 0.5) is 0 Å². The first kappa shape index (κ1) is 16.4. The van der Waals surface area contributed by atoms with E-state index < -0.39 is 16.5 Å². The molecule has 0 heterocycles. The number of hydrogen-bond donors (Lipinski definition) is 0. The molecule has 0 aliphatic carbocycles. The van der Waals surface area contributed by atoms with Crippen LogP contribution in [0.5, 0.6) is 0 Å². The molecule has 0 aliphatic heterocycles. The molecule has 50 valence electrons. The monoisotopic (exact) mass is 278 g/mol. The van der Waals surface area contributed by atoms with Gasteiger partial charge in [0.2, 0.25) is 0 Å². The summed E-state index contributed by atoms with van der Waals surface area (Å²) in [6.45, 7) is 0. The molecule has 0 bridgehead atoms. The molecule has 0 atom stereocenters. The predicted octanol–water partition coefficient (Wildman–Crippen LogP) is -3.65. The smallest absolute Gasteiger partial charge is 0.598 e. The maximum atomic E-state index is 8.48. The van der Waals surface area contributed by atoms with E-state index >= 15 is 0 Å². The van der Waals surface area contributed by atoms with Gasteiger partial charge in [0.05, 0.1) is 0 Å². The molecule has 9 heavy (non-hydrogen) atoms. The largest absolute Gasteiger partial charge is 2.00 e. The van der Waals surface area contributed by atoms with Crippen LogP contribution in [0.15, 0.2) is 0 Å². The van der Waals surface area contributed by atoms with Crippen LogP contribution in [-0.2, 0) is 9.13 Å². The Kier molecular flexibility index (Phi) is 21.2. The van der Waals surface area contributed by atoms with Gasteiger partial charge in [-0.05, 0) is 0 Å². The molecule has 0 unspecified atom stereocenters. The maximum absolute atomic E-state index is 8.48. The fourth-order valence-corrected chi connectivity index (χ4v) is 0. The molecule has 0 saturated heterocycles. The van der Waals surface area contributed by atoms with Gasteiger partial charge in [-0.15, -0.1) is 0 Å². The Balaban J connectivity index is -0.0000000720. The fraction of sp³-hybridized carbons (Fsp3) is 0. The molecule has 2 radical (unpaired) electrons. The molecule has 0 N–H and O–H groups in total. The summed E-state index contributed by atoms with van der Waals surface area (Å²) in [7, 11) is -6.74. The van der Waals surface area contributed by atoms with Crippen LogP contribution in [-0.4, -0.2) is 23.9 Å². The van der Waals surface area contributed by atoms with Gasteiger partial charge < -0.3 is 19.6 Å². The van der Waals surface area contributed by atoms with Gasteiger partial charge in [-0.2, -0.15) is 0 Å². The Morgan fingerprint density at radius 2 is 0.778 bits per heavy atom. The van der Waals surface area contributed by atoms with Crippen molar-refractivity contribution in [1.29, 1.82) is 0 Å². The summed E-state index contributed by atoms with van der Waals surface area (Å²) in [6.07, 6.45) is 0. The first-order valence-corrected chi connectivity index (χ1v) is 3.29. The average molecular weight is 277 g/mol. The molecule has 0 amide bonds. The average Bonchev–Trinajstić information content (AvgIpc) is 1.25. The second-order valence-electron chi connectivity index (χ2n) is 0.447. The van der Waals surface area contributed by atoms with Gasteiger partial charge in [0.25, 0.3) is 16.5 Å². The summed E-state index contributed by atoms with van der Waals surface area (Å²) in [5.41, 5.74) is 0. The summed E-state index contributed by atoms with van der Waals surface area (Å²) < 4.78 is 17.0. The van der Waals surface area contributed by atoms with Crippen LogP contribution < -0.4 is 19.6 Å². The van der Waals surface area contributed by atoms with E-state index in [2.05, 4.69) is 0 Å². The quantitative estimate of drug-likeness (QED) is 0.332. The van der Waals surface area contributed by atoms with Crippen molar-refractivity contribution in [3.8, 4) is 0 Å². The van der Waals surface area contributed by atoms with Gasteiger partial charge in [-0.1, -0.05) is 9.13 Å². The van der Waals surface area contributed by atoms with Crippen molar-refractivity contribution >= 4 is 40.4 Å². The summed E-state index contributed by atoms with van der Waals surface area (Å²) in [5, 5.41) is 0. The molecular weight excluding hydrogens is 277 g/mol. The third kappa shape index (κ3) is 588. The number of hydrogen-bond acceptors (Lipinski definition) is 6. The standard InChI is InChI=1S/2HO3P.Sn/c2*1-4(2)3;/h2*(H,1,2,3);/q;;+2/p-2. The van der Waals surface area contributed by atoms with E-state index in [0.717, 1.165) is 0 Å². The van der Waals surface area contributed by atoms with Crippen LogP contribution in [0.2, 0.25) is 0 Å². The van der Waals surface area contributed by atoms with Gasteiger partial charge in [0.15, 0.2) is 0 Å². The van der Waals surface area contributed by atoms with Gasteiger partial charge in [0, 0.05) is 0 Å². The minimum atomic E-state index is -3.37. The van der Waals surface area contributed by atoms with E-state index in [-0.39, 0.29) is 23.9 Å². The summed E-state index contributed by atoms with van der Waals surface area (Å²) in [4.78, 5) is 33.9. The third-order valence-electron chi connectivity index (χ3n) is 0. The number of rotatable bonds is 0. The van der Waals surface area contributed by atoms with Crippen molar-refractivity contribution in [2.75, 3.05) is 0 Å². The van der Waals surface area contributed by atoms with Crippen LogP contribution >= 0.6 is 16.5 Å². The van der Waals surface area contributed by atoms with E-state index in [9.17, 15) is 0 Å². The minimum Gasteiger partial charge on any atom is -0.598 e. The van der Waals surface area contributed by atoms with Crippen LogP contribution in [0.25, 0.3) is 0 Å². The van der Waals surface area contributed by atoms with Gasteiger partial charge >= 0.3 is 23.9 Å². The second kappa shape index (κ2) is 11.6. The molecule has 0 saturated carbocycles. The summed E-state index contributed by atoms with van der Waals surface area (Å²) in [6, 6.07) is 0. The summed E-state index contributed by atoms with van der Waals surface area (Å²) >= 11 is 0. The molecule has 0 aromatic carbocycles. The summed E-state index contributed by atoms with van der Waals surface area (Å²) in [5.74, 6) is 0. The van der Waals surface area contributed by atoms with E-state index in [4.69, 9.17) is 28.7 Å². The van der Waals surface area contributed by atoms with Crippen molar-refractivity contribution in [1.82, 2.24) is 0 Å². The molecule has 9 heteroatoms. The van der Waals surface area contributed by atoms with Gasteiger partial charge in [-0.25, -0.2) is 0 Å². The van der Waals surface area contributed by atoms with Crippen LogP contribution in [0.3, 0.4) is 0 Å². The van der Waals surface area contributed by atoms with Crippen molar-refractivity contribution in [2.24, 2.45) is 0 Å². The van der Waals surface area contributed by atoms with E-state index in [0.29, 0.717) is 0 Å². The van der Waals surface area contributed by atoms with Crippen LogP contribution in [0.1, 0.15) is 0 Å². The van der Waals surface area contributed by atoms with Gasteiger partial charge in [0.1, 0.15) is 0 Å². The normalized spacial score (nSPS) is 5.78. The third-order valence-corrected chi connectivity index (χ3v) is 0. The predicted molar refractivity (Wildman–Crippen MR) is 21.0 cm³/mol. The molecule has 6 nitrogen and oxygen atoms in total. The van der Waals surface area contributed by atoms with Crippen LogP contribution in [0, 0.1) is 0 Å². The SMILES string of the molecule is O=[P+]([O-])[O-].O=[P+]([O-])[O-].[Sn+2]. The second-order valence-corrected chi connectivity index (χ2v) is 1.34. The molecule has 0 aromatic rings. The van der Waals surface area contributed by atoms with E-state index in [1.807, 2.05) is 0 Å².